The summed E-state index contributed by atoms with van der Waals surface area (Å²) in [5, 5.41) is 3.48. The number of hydrogen-bond donors (Lipinski definition) is 1. The second kappa shape index (κ2) is 4.97. The van der Waals surface area contributed by atoms with Gasteiger partial charge in [0.1, 0.15) is 0 Å². The van der Waals surface area contributed by atoms with Gasteiger partial charge in [-0.3, -0.25) is 0 Å². The Morgan fingerprint density at radius 1 is 1.07 bits per heavy atom. The van der Waals surface area contributed by atoms with E-state index in [1.165, 1.54) is 5.57 Å². The van der Waals surface area contributed by atoms with Crippen LogP contribution in [0.4, 0.5) is 0 Å². The van der Waals surface area contributed by atoms with Gasteiger partial charge in [-0.05, 0) is 46.1 Å². The van der Waals surface area contributed by atoms with Crippen molar-refractivity contribution >= 4 is 0 Å². The van der Waals surface area contributed by atoms with E-state index in [2.05, 4.69) is 59.9 Å². The van der Waals surface area contributed by atoms with Crippen molar-refractivity contribution in [2.75, 3.05) is 6.54 Å². The molecule has 0 spiro atoms. The van der Waals surface area contributed by atoms with Crippen LogP contribution in [0.3, 0.4) is 0 Å². The first-order chi connectivity index (χ1) is 6.13. The molecule has 0 aromatic carbocycles. The van der Waals surface area contributed by atoms with Crippen molar-refractivity contribution in [3.8, 4) is 0 Å². The molecule has 84 valence electrons. The molecule has 0 aliphatic heterocycles. The minimum Gasteiger partial charge on any atom is -0.312 e. The van der Waals surface area contributed by atoms with Crippen molar-refractivity contribution in [2.24, 2.45) is 5.41 Å². The molecule has 0 fully saturated rings. The maximum atomic E-state index is 3.48. The Morgan fingerprint density at radius 2 is 1.57 bits per heavy atom. The van der Waals surface area contributed by atoms with Crippen molar-refractivity contribution < 1.29 is 0 Å². The summed E-state index contributed by atoms with van der Waals surface area (Å²) in [4.78, 5) is 0. The Morgan fingerprint density at radius 3 is 1.93 bits per heavy atom. The fraction of sp³-hybridized carbons (Fsp3) is 0.846. The minimum atomic E-state index is 0.240. The van der Waals surface area contributed by atoms with Crippen LogP contribution in [0.5, 0.6) is 0 Å². The third kappa shape index (κ3) is 7.14. The van der Waals surface area contributed by atoms with Crippen molar-refractivity contribution in [1.82, 2.24) is 5.32 Å². The Bertz CT molecular complexity index is 188. The van der Waals surface area contributed by atoms with Gasteiger partial charge in [0.2, 0.25) is 0 Å². The van der Waals surface area contributed by atoms with Crippen molar-refractivity contribution in [1.29, 1.82) is 0 Å². The zero-order valence-corrected chi connectivity index (χ0v) is 11.0. The molecule has 1 nitrogen and oxygen atoms in total. The molecular formula is C13H27N. The van der Waals surface area contributed by atoms with Crippen molar-refractivity contribution in [3.05, 3.63) is 11.6 Å². The van der Waals surface area contributed by atoms with Crippen LogP contribution in [0.1, 0.15) is 54.9 Å². The zero-order chi connectivity index (χ0) is 11.4. The molecular weight excluding hydrogens is 170 g/mol. The first kappa shape index (κ1) is 13.7. The van der Waals surface area contributed by atoms with E-state index in [4.69, 9.17) is 0 Å². The first-order valence-electron chi connectivity index (χ1n) is 5.55. The third-order valence-electron chi connectivity index (χ3n) is 2.43. The number of hydrogen-bond acceptors (Lipinski definition) is 1. The maximum absolute atomic E-state index is 3.48. The minimum absolute atomic E-state index is 0.240. The molecule has 0 bridgehead atoms. The summed E-state index contributed by atoms with van der Waals surface area (Å²) in [6, 6.07) is 0. The highest BCUT2D eigenvalue weighted by Crippen LogP contribution is 2.24. The van der Waals surface area contributed by atoms with Crippen LogP contribution in [0, 0.1) is 5.41 Å². The SMILES string of the molecule is CC(=CCCNC(C)(C)C)C(C)(C)C. The number of nitrogens with one attached hydrogen (secondary N) is 1. The molecule has 1 heteroatoms. The summed E-state index contributed by atoms with van der Waals surface area (Å²) in [7, 11) is 0. The number of rotatable bonds is 3. The summed E-state index contributed by atoms with van der Waals surface area (Å²) in [6.07, 6.45) is 3.47. The van der Waals surface area contributed by atoms with E-state index in [9.17, 15) is 0 Å². The van der Waals surface area contributed by atoms with E-state index in [-0.39, 0.29) is 5.54 Å². The second-order valence-corrected chi connectivity index (χ2v) is 6.10. The predicted molar refractivity (Wildman–Crippen MR) is 65.6 cm³/mol. The monoisotopic (exact) mass is 197 g/mol. The van der Waals surface area contributed by atoms with Gasteiger partial charge in [-0.25, -0.2) is 0 Å². The van der Waals surface area contributed by atoms with Crippen LogP contribution in [0.15, 0.2) is 11.6 Å². The standard InChI is InChI=1S/C13H27N/c1-11(12(2,3)4)9-8-10-14-13(5,6)7/h9,14H,8,10H2,1-7H3. The Kier molecular flexibility index (Phi) is 4.87. The van der Waals surface area contributed by atoms with E-state index in [1.807, 2.05) is 0 Å². The van der Waals surface area contributed by atoms with Gasteiger partial charge in [-0.1, -0.05) is 32.4 Å². The van der Waals surface area contributed by atoms with Crippen LogP contribution in [0.25, 0.3) is 0 Å². The van der Waals surface area contributed by atoms with Crippen LogP contribution in [-0.2, 0) is 0 Å². The summed E-state index contributed by atoms with van der Waals surface area (Å²) in [6.45, 7) is 16.7. The molecule has 0 heterocycles. The largest absolute Gasteiger partial charge is 0.312 e. The van der Waals surface area contributed by atoms with Crippen LogP contribution in [0.2, 0.25) is 0 Å². The maximum Gasteiger partial charge on any atom is 0.00966 e. The molecule has 0 saturated carbocycles. The molecule has 0 aromatic rings. The molecule has 0 aliphatic carbocycles. The molecule has 0 unspecified atom stereocenters. The fourth-order valence-electron chi connectivity index (χ4n) is 1.04. The van der Waals surface area contributed by atoms with E-state index in [0.717, 1.165) is 13.0 Å². The zero-order valence-electron chi connectivity index (χ0n) is 11.0. The van der Waals surface area contributed by atoms with E-state index < -0.39 is 0 Å². The normalized spacial score (nSPS) is 14.6. The Labute approximate surface area is 90.0 Å². The van der Waals surface area contributed by atoms with Gasteiger partial charge in [0.15, 0.2) is 0 Å². The number of allylic oxidation sites excluding steroid dienone is 1. The molecule has 14 heavy (non-hydrogen) atoms. The molecule has 1 N–H and O–H groups in total. The smallest absolute Gasteiger partial charge is 0.00966 e. The van der Waals surface area contributed by atoms with Gasteiger partial charge in [0.25, 0.3) is 0 Å². The summed E-state index contributed by atoms with van der Waals surface area (Å²) in [5.41, 5.74) is 2.04. The Balaban J connectivity index is 3.84. The third-order valence-corrected chi connectivity index (χ3v) is 2.43. The highest BCUT2D eigenvalue weighted by Gasteiger charge is 2.12. The topological polar surface area (TPSA) is 12.0 Å². The van der Waals surface area contributed by atoms with E-state index in [1.54, 1.807) is 0 Å². The van der Waals surface area contributed by atoms with Gasteiger partial charge >= 0.3 is 0 Å². The average molecular weight is 197 g/mol. The van der Waals surface area contributed by atoms with Gasteiger partial charge < -0.3 is 5.32 Å². The van der Waals surface area contributed by atoms with Crippen molar-refractivity contribution in [2.45, 2.75) is 60.4 Å². The molecule has 0 saturated heterocycles. The summed E-state index contributed by atoms with van der Waals surface area (Å²) in [5.74, 6) is 0. The first-order valence-corrected chi connectivity index (χ1v) is 5.55. The fourth-order valence-corrected chi connectivity index (χ4v) is 1.04. The summed E-state index contributed by atoms with van der Waals surface area (Å²) >= 11 is 0. The molecule has 0 radical (unpaired) electrons. The Hall–Kier alpha value is -0.300. The van der Waals surface area contributed by atoms with Gasteiger partial charge in [0, 0.05) is 5.54 Å². The lowest BCUT2D eigenvalue weighted by molar-refractivity contribution is 0.429. The molecule has 0 atom stereocenters. The highest BCUT2D eigenvalue weighted by atomic mass is 14.9. The molecule has 0 aromatic heterocycles. The quantitative estimate of drug-likeness (QED) is 0.536. The van der Waals surface area contributed by atoms with Crippen LogP contribution >= 0.6 is 0 Å². The van der Waals surface area contributed by atoms with Gasteiger partial charge in [0.05, 0.1) is 0 Å². The average Bonchev–Trinajstić information content (AvgIpc) is 1.93. The van der Waals surface area contributed by atoms with E-state index >= 15 is 0 Å². The van der Waals surface area contributed by atoms with Crippen LogP contribution < -0.4 is 5.32 Å². The van der Waals surface area contributed by atoms with Gasteiger partial charge in [-0.15, -0.1) is 0 Å². The lowest BCUT2D eigenvalue weighted by atomic mass is 9.87. The van der Waals surface area contributed by atoms with Gasteiger partial charge in [-0.2, -0.15) is 0 Å². The lowest BCUT2D eigenvalue weighted by Gasteiger charge is -2.21. The highest BCUT2D eigenvalue weighted by molar-refractivity contribution is 5.07. The van der Waals surface area contributed by atoms with Crippen molar-refractivity contribution in [3.63, 3.8) is 0 Å². The van der Waals surface area contributed by atoms with E-state index in [0.29, 0.717) is 5.41 Å². The molecule has 0 aliphatic rings. The van der Waals surface area contributed by atoms with Crippen LogP contribution in [-0.4, -0.2) is 12.1 Å². The molecule has 0 amide bonds. The summed E-state index contributed by atoms with van der Waals surface area (Å²) < 4.78 is 0. The lowest BCUT2D eigenvalue weighted by Crippen LogP contribution is -2.36. The molecule has 0 rings (SSSR count). The predicted octanol–water partition coefficient (Wildman–Crippen LogP) is 3.76. The second-order valence-electron chi connectivity index (χ2n) is 6.10.